The summed E-state index contributed by atoms with van der Waals surface area (Å²) >= 11 is 2.65. The molecule has 0 saturated carbocycles. The minimum atomic E-state index is 0.693. The van der Waals surface area contributed by atoms with Gasteiger partial charge in [-0.05, 0) is 0 Å². The summed E-state index contributed by atoms with van der Waals surface area (Å²) in [6.45, 7) is 8.47. The van der Waals surface area contributed by atoms with Crippen molar-refractivity contribution < 1.29 is 0 Å². The molecule has 0 aliphatic rings. The number of rotatable bonds is 6. The van der Waals surface area contributed by atoms with Crippen molar-refractivity contribution in [2.75, 3.05) is 5.75 Å². The fraction of sp³-hybridized carbons (Fsp3) is 0.750. The third kappa shape index (κ3) is 6.73. The molecule has 0 aromatic heterocycles. The van der Waals surface area contributed by atoms with Crippen LogP contribution in [-0.4, -0.2) is 20.7 Å². The fourth-order valence-corrected chi connectivity index (χ4v) is 3.61. The first-order chi connectivity index (χ1) is 4.81. The molecule has 10 heavy (non-hydrogen) atoms. The van der Waals surface area contributed by atoms with Gasteiger partial charge in [-0.25, -0.2) is 0 Å². The molecule has 0 aromatic carbocycles. The molecule has 0 fully saturated rings. The maximum atomic E-state index is 4.01. The van der Waals surface area contributed by atoms with Crippen molar-refractivity contribution in [2.24, 2.45) is 0 Å². The molecular formula is C8H16SSe. The molecule has 60 valence electrons. The van der Waals surface area contributed by atoms with Gasteiger partial charge in [0.25, 0.3) is 0 Å². The van der Waals surface area contributed by atoms with Crippen molar-refractivity contribution in [1.29, 1.82) is 0 Å². The molecule has 0 N–H and O–H groups in total. The number of hydrogen-bond donors (Lipinski definition) is 0. The van der Waals surface area contributed by atoms with Crippen LogP contribution in [0.2, 0.25) is 5.32 Å². The van der Waals surface area contributed by atoms with Gasteiger partial charge in [0.05, 0.1) is 0 Å². The van der Waals surface area contributed by atoms with E-state index in [2.05, 4.69) is 20.4 Å². The molecule has 0 radical (unpaired) electrons. The van der Waals surface area contributed by atoms with E-state index in [1.54, 1.807) is 0 Å². The van der Waals surface area contributed by atoms with Crippen LogP contribution in [0.25, 0.3) is 0 Å². The van der Waals surface area contributed by atoms with Gasteiger partial charge in [0.15, 0.2) is 0 Å². The van der Waals surface area contributed by atoms with E-state index >= 15 is 0 Å². The zero-order valence-corrected chi connectivity index (χ0v) is 9.38. The second-order valence-corrected chi connectivity index (χ2v) is 6.63. The molecule has 0 spiro atoms. The Morgan fingerprint density at radius 1 is 1.50 bits per heavy atom. The van der Waals surface area contributed by atoms with Gasteiger partial charge in [-0.3, -0.25) is 0 Å². The van der Waals surface area contributed by atoms with Crippen LogP contribution in [0.15, 0.2) is 10.4 Å². The Kier molecular flexibility index (Phi) is 8.18. The molecule has 0 aliphatic heterocycles. The van der Waals surface area contributed by atoms with Crippen molar-refractivity contribution in [2.45, 2.75) is 32.0 Å². The summed E-state index contributed by atoms with van der Waals surface area (Å²) in [6.07, 6.45) is 2.64. The second-order valence-electron chi connectivity index (χ2n) is 2.01. The molecule has 0 aromatic rings. The van der Waals surface area contributed by atoms with E-state index in [1.807, 2.05) is 11.8 Å². The van der Waals surface area contributed by atoms with Gasteiger partial charge < -0.3 is 0 Å². The molecule has 0 heterocycles. The average molecular weight is 223 g/mol. The van der Waals surface area contributed by atoms with E-state index in [1.165, 1.54) is 27.7 Å². The Labute approximate surface area is 75.0 Å². The van der Waals surface area contributed by atoms with Crippen LogP contribution in [0.3, 0.4) is 0 Å². The van der Waals surface area contributed by atoms with Crippen molar-refractivity contribution in [3.05, 3.63) is 10.4 Å². The predicted molar refractivity (Wildman–Crippen MR) is 52.7 cm³/mol. The summed E-state index contributed by atoms with van der Waals surface area (Å²) in [5, 5.41) is 1.30. The van der Waals surface area contributed by atoms with E-state index < -0.39 is 0 Å². The van der Waals surface area contributed by atoms with Gasteiger partial charge in [0.2, 0.25) is 0 Å². The molecule has 2 heteroatoms. The average Bonchev–Trinajstić information content (AvgIpc) is 1.89. The van der Waals surface area contributed by atoms with Crippen molar-refractivity contribution >= 4 is 26.7 Å². The Morgan fingerprint density at radius 2 is 2.20 bits per heavy atom. The summed E-state index contributed by atoms with van der Waals surface area (Å²) < 4.78 is 1.42. The Morgan fingerprint density at radius 3 is 2.70 bits per heavy atom. The minimum absolute atomic E-state index is 0.693. The van der Waals surface area contributed by atoms with E-state index in [4.69, 9.17) is 0 Å². The van der Waals surface area contributed by atoms with Crippen LogP contribution in [0.1, 0.15) is 26.7 Å². The molecule has 0 atom stereocenters. The third-order valence-electron chi connectivity index (χ3n) is 1.07. The van der Waals surface area contributed by atoms with E-state index in [0.29, 0.717) is 15.0 Å². The number of thioether (sulfide) groups is 1. The summed E-state index contributed by atoms with van der Waals surface area (Å²) in [4.78, 5) is 0. The van der Waals surface area contributed by atoms with E-state index in [-0.39, 0.29) is 0 Å². The van der Waals surface area contributed by atoms with Crippen LogP contribution in [-0.2, 0) is 0 Å². The zero-order valence-electron chi connectivity index (χ0n) is 6.85. The SMILES string of the molecule is C=C(SCCCC)[Se]CC. The van der Waals surface area contributed by atoms with Crippen molar-refractivity contribution in [3.63, 3.8) is 0 Å². The van der Waals surface area contributed by atoms with Gasteiger partial charge in [0.1, 0.15) is 0 Å². The summed E-state index contributed by atoms with van der Waals surface area (Å²) in [5.41, 5.74) is 0. The van der Waals surface area contributed by atoms with Crippen LogP contribution >= 0.6 is 11.8 Å². The molecule has 0 unspecified atom stereocenters. The van der Waals surface area contributed by atoms with Gasteiger partial charge >= 0.3 is 74.9 Å². The Bertz CT molecular complexity index is 91.3. The molecular weight excluding hydrogens is 207 g/mol. The quantitative estimate of drug-likeness (QED) is 0.492. The van der Waals surface area contributed by atoms with Crippen molar-refractivity contribution in [1.82, 2.24) is 0 Å². The first-order valence-electron chi connectivity index (χ1n) is 3.75. The topological polar surface area (TPSA) is 0 Å². The molecule has 0 aliphatic carbocycles. The number of unbranched alkanes of at least 4 members (excludes halogenated alkanes) is 1. The van der Waals surface area contributed by atoms with Crippen LogP contribution in [0.5, 0.6) is 0 Å². The summed E-state index contributed by atoms with van der Waals surface area (Å²) in [6, 6.07) is 0. The standard InChI is InChI=1S/C8H16SSe/c1-4-6-7-9-8(3)10-5-2/h3-7H2,1-2H3. The monoisotopic (exact) mass is 224 g/mol. The third-order valence-corrected chi connectivity index (χ3v) is 4.52. The number of hydrogen-bond acceptors (Lipinski definition) is 1. The predicted octanol–water partition coefficient (Wildman–Crippen LogP) is 3.13. The Hall–Kier alpha value is 0.609. The molecule has 0 bridgehead atoms. The summed E-state index contributed by atoms with van der Waals surface area (Å²) in [7, 11) is 0. The van der Waals surface area contributed by atoms with Crippen LogP contribution in [0, 0.1) is 0 Å². The van der Waals surface area contributed by atoms with E-state index in [9.17, 15) is 0 Å². The van der Waals surface area contributed by atoms with Crippen molar-refractivity contribution in [3.8, 4) is 0 Å². The first-order valence-corrected chi connectivity index (χ1v) is 6.81. The Balaban J connectivity index is 3.05. The summed E-state index contributed by atoms with van der Waals surface area (Å²) in [5.74, 6) is 1.27. The molecule has 0 saturated heterocycles. The second kappa shape index (κ2) is 7.71. The fourth-order valence-electron chi connectivity index (χ4n) is 0.533. The normalized spacial score (nSPS) is 9.80. The van der Waals surface area contributed by atoms with Gasteiger partial charge in [-0.2, -0.15) is 0 Å². The van der Waals surface area contributed by atoms with Gasteiger partial charge in [0, 0.05) is 0 Å². The van der Waals surface area contributed by atoms with Crippen LogP contribution < -0.4 is 0 Å². The van der Waals surface area contributed by atoms with Gasteiger partial charge in [-0.15, -0.1) is 0 Å². The van der Waals surface area contributed by atoms with Crippen LogP contribution in [0.4, 0.5) is 0 Å². The van der Waals surface area contributed by atoms with E-state index in [0.717, 1.165) is 0 Å². The van der Waals surface area contributed by atoms with Gasteiger partial charge in [-0.1, -0.05) is 0 Å². The maximum absolute atomic E-state index is 4.01. The molecule has 0 rings (SSSR count). The molecule has 0 nitrogen and oxygen atoms in total. The first kappa shape index (κ1) is 10.6. The molecule has 0 amide bonds. The zero-order chi connectivity index (χ0) is 7.82.